The van der Waals surface area contributed by atoms with Gasteiger partial charge in [-0.05, 0) is 25.8 Å². The van der Waals surface area contributed by atoms with Crippen LogP contribution in [0.25, 0.3) is 0 Å². The molecule has 0 aliphatic heterocycles. The minimum absolute atomic E-state index is 0.105. The molecule has 0 bridgehead atoms. The van der Waals surface area contributed by atoms with Gasteiger partial charge in [-0.15, -0.1) is 0 Å². The van der Waals surface area contributed by atoms with E-state index in [1.807, 2.05) is 44.2 Å². The Morgan fingerprint density at radius 3 is 2.48 bits per heavy atom. The van der Waals surface area contributed by atoms with Crippen LogP contribution in [-0.2, 0) is 20.9 Å². The zero-order valence-electron chi connectivity index (χ0n) is 15.6. The van der Waals surface area contributed by atoms with Crippen LogP contribution in [0, 0.1) is 0 Å². The van der Waals surface area contributed by atoms with Crippen molar-refractivity contribution in [2.45, 2.75) is 45.4 Å². The fraction of sp³-hybridized carbons (Fsp3) is 0.421. The average Bonchev–Trinajstić information content (AvgIpc) is 2.62. The first-order valence-electron chi connectivity index (χ1n) is 8.62. The van der Waals surface area contributed by atoms with Crippen LogP contribution >= 0.6 is 0 Å². The summed E-state index contributed by atoms with van der Waals surface area (Å²) in [6.07, 6.45) is -0.0273. The molecule has 0 spiro atoms. The molecule has 2 atom stereocenters. The van der Waals surface area contributed by atoms with Gasteiger partial charge in [-0.3, -0.25) is 9.59 Å². The van der Waals surface area contributed by atoms with Crippen LogP contribution < -0.4 is 16.4 Å². The molecule has 1 aromatic carbocycles. The van der Waals surface area contributed by atoms with Crippen molar-refractivity contribution in [3.8, 4) is 0 Å². The molecular weight excluding hydrogens is 350 g/mol. The molecule has 0 aromatic heterocycles. The number of nitrogens with two attached hydrogens (primary N) is 1. The summed E-state index contributed by atoms with van der Waals surface area (Å²) in [5, 5.41) is 14.7. The zero-order chi connectivity index (χ0) is 20.2. The first-order chi connectivity index (χ1) is 12.8. The number of nitrogens with one attached hydrogen (secondary N) is 2. The Balaban J connectivity index is 2.32. The highest BCUT2D eigenvalue weighted by molar-refractivity contribution is 5.86. The maximum absolute atomic E-state index is 11.9. The Morgan fingerprint density at radius 2 is 1.89 bits per heavy atom. The molecule has 5 N–H and O–H groups in total. The molecule has 148 valence electrons. The number of hydrogen-bond donors (Lipinski definition) is 4. The van der Waals surface area contributed by atoms with Gasteiger partial charge in [0.05, 0.1) is 12.5 Å². The summed E-state index contributed by atoms with van der Waals surface area (Å²) in [5.74, 6) is -1.19. The van der Waals surface area contributed by atoms with E-state index in [1.165, 1.54) is 0 Å². The summed E-state index contributed by atoms with van der Waals surface area (Å²) in [7, 11) is 0. The van der Waals surface area contributed by atoms with Crippen molar-refractivity contribution in [3.05, 3.63) is 47.5 Å². The van der Waals surface area contributed by atoms with Gasteiger partial charge in [0.25, 0.3) is 0 Å². The first kappa shape index (κ1) is 22.2. The van der Waals surface area contributed by atoms with Gasteiger partial charge in [-0.1, -0.05) is 42.0 Å². The quantitative estimate of drug-likeness (QED) is 0.452. The summed E-state index contributed by atoms with van der Waals surface area (Å²) >= 11 is 0. The Hall–Kier alpha value is -2.87. The molecule has 0 aliphatic rings. The van der Waals surface area contributed by atoms with E-state index < -0.39 is 30.1 Å². The number of alkyl carbamates (subject to hydrolysis) is 1. The number of rotatable bonds is 10. The zero-order valence-corrected chi connectivity index (χ0v) is 15.6. The van der Waals surface area contributed by atoms with Gasteiger partial charge in [0, 0.05) is 6.54 Å². The molecule has 0 radical (unpaired) electrons. The van der Waals surface area contributed by atoms with Crippen molar-refractivity contribution in [2.24, 2.45) is 5.73 Å². The maximum Gasteiger partial charge on any atom is 0.407 e. The number of amides is 3. The lowest BCUT2D eigenvalue weighted by atomic mass is 10.1. The smallest absolute Gasteiger partial charge is 0.407 e. The van der Waals surface area contributed by atoms with Gasteiger partial charge >= 0.3 is 6.09 Å². The van der Waals surface area contributed by atoms with Crippen LogP contribution in [0.1, 0.15) is 32.3 Å². The van der Waals surface area contributed by atoms with E-state index in [0.717, 1.165) is 11.1 Å². The van der Waals surface area contributed by atoms with E-state index >= 15 is 0 Å². The third kappa shape index (κ3) is 10.0. The standard InChI is InChI=1S/C19H27N3O5/c1-13(2)8-9-16(18(20)25)22-17(24)10-15(23)11-21-19(26)27-12-14-6-4-3-5-7-14/h3-8,15-16,23H,9-12H2,1-2H3,(H2,20,25)(H,21,26)(H,22,24)/t15-,16+/m0/s1. The number of carbonyl (C=O) groups is 3. The molecule has 0 heterocycles. The molecule has 0 unspecified atom stereocenters. The van der Waals surface area contributed by atoms with E-state index in [2.05, 4.69) is 10.6 Å². The molecule has 0 aliphatic carbocycles. The second-order valence-electron chi connectivity index (χ2n) is 6.34. The number of aliphatic hydroxyl groups is 1. The number of benzene rings is 1. The van der Waals surface area contributed by atoms with Crippen LogP contribution in [0.15, 0.2) is 42.0 Å². The lowest BCUT2D eigenvalue weighted by molar-refractivity contribution is -0.128. The number of ether oxygens (including phenoxy) is 1. The fourth-order valence-electron chi connectivity index (χ4n) is 2.11. The summed E-state index contributed by atoms with van der Waals surface area (Å²) in [6, 6.07) is 8.30. The highest BCUT2D eigenvalue weighted by Crippen LogP contribution is 2.02. The molecular formula is C19H27N3O5. The summed E-state index contributed by atoms with van der Waals surface area (Å²) in [5.41, 5.74) is 7.09. The van der Waals surface area contributed by atoms with E-state index in [-0.39, 0.29) is 26.0 Å². The van der Waals surface area contributed by atoms with Crippen LogP contribution in [0.4, 0.5) is 4.79 Å². The van der Waals surface area contributed by atoms with E-state index in [4.69, 9.17) is 10.5 Å². The number of primary amides is 1. The topological polar surface area (TPSA) is 131 Å². The van der Waals surface area contributed by atoms with Crippen molar-refractivity contribution in [1.29, 1.82) is 0 Å². The Morgan fingerprint density at radius 1 is 1.22 bits per heavy atom. The summed E-state index contributed by atoms with van der Waals surface area (Å²) < 4.78 is 5.00. The predicted octanol–water partition coefficient (Wildman–Crippen LogP) is 0.990. The van der Waals surface area contributed by atoms with E-state index in [0.29, 0.717) is 0 Å². The number of hydrogen-bond acceptors (Lipinski definition) is 5. The molecule has 3 amide bonds. The number of allylic oxidation sites excluding steroid dienone is 1. The Bertz CT molecular complexity index is 657. The summed E-state index contributed by atoms with van der Waals surface area (Å²) in [6.45, 7) is 3.68. The first-order valence-corrected chi connectivity index (χ1v) is 8.62. The largest absolute Gasteiger partial charge is 0.445 e. The second-order valence-corrected chi connectivity index (χ2v) is 6.34. The second kappa shape index (κ2) is 11.7. The minimum atomic E-state index is -1.12. The van der Waals surface area contributed by atoms with E-state index in [9.17, 15) is 19.5 Å². The van der Waals surface area contributed by atoms with Crippen LogP contribution in [0.3, 0.4) is 0 Å². The van der Waals surface area contributed by atoms with Gasteiger partial charge in [0.15, 0.2) is 0 Å². The molecule has 1 rings (SSSR count). The Kier molecular flexibility index (Phi) is 9.60. The Labute approximate surface area is 158 Å². The van der Waals surface area contributed by atoms with Gasteiger partial charge in [-0.25, -0.2) is 4.79 Å². The number of aliphatic hydroxyl groups excluding tert-OH is 1. The lowest BCUT2D eigenvalue weighted by Gasteiger charge is -2.16. The predicted molar refractivity (Wildman–Crippen MR) is 100 cm³/mol. The van der Waals surface area contributed by atoms with Gasteiger partial charge in [0.1, 0.15) is 12.6 Å². The molecule has 1 aromatic rings. The normalized spacial score (nSPS) is 12.4. The third-order valence-electron chi connectivity index (χ3n) is 3.56. The number of carbonyl (C=O) groups excluding carboxylic acids is 3. The van der Waals surface area contributed by atoms with Crippen LogP contribution in [0.2, 0.25) is 0 Å². The molecule has 27 heavy (non-hydrogen) atoms. The molecule has 0 fully saturated rings. The fourth-order valence-corrected chi connectivity index (χ4v) is 2.11. The highest BCUT2D eigenvalue weighted by Gasteiger charge is 2.19. The van der Waals surface area contributed by atoms with Crippen molar-refractivity contribution < 1.29 is 24.2 Å². The van der Waals surface area contributed by atoms with Gasteiger partial charge < -0.3 is 26.2 Å². The lowest BCUT2D eigenvalue weighted by Crippen LogP contribution is -2.45. The minimum Gasteiger partial charge on any atom is -0.445 e. The van der Waals surface area contributed by atoms with Crippen molar-refractivity contribution in [3.63, 3.8) is 0 Å². The molecule has 0 saturated heterocycles. The third-order valence-corrected chi connectivity index (χ3v) is 3.56. The van der Waals surface area contributed by atoms with E-state index in [1.54, 1.807) is 6.08 Å². The van der Waals surface area contributed by atoms with Crippen molar-refractivity contribution >= 4 is 17.9 Å². The maximum atomic E-state index is 11.9. The molecule has 0 saturated carbocycles. The monoisotopic (exact) mass is 377 g/mol. The van der Waals surface area contributed by atoms with Gasteiger partial charge in [-0.2, -0.15) is 0 Å². The van der Waals surface area contributed by atoms with Crippen molar-refractivity contribution in [2.75, 3.05) is 6.54 Å². The SMILES string of the molecule is CC(C)=CC[C@@H](NC(=O)C[C@H](O)CNC(=O)OCc1ccccc1)C(N)=O. The van der Waals surface area contributed by atoms with Crippen LogP contribution in [-0.4, -0.2) is 41.7 Å². The van der Waals surface area contributed by atoms with Gasteiger partial charge in [0.2, 0.25) is 11.8 Å². The summed E-state index contributed by atoms with van der Waals surface area (Å²) in [4.78, 5) is 34.9. The highest BCUT2D eigenvalue weighted by atomic mass is 16.5. The van der Waals surface area contributed by atoms with Crippen LogP contribution in [0.5, 0.6) is 0 Å². The molecule has 8 heteroatoms. The average molecular weight is 377 g/mol. The molecule has 8 nitrogen and oxygen atoms in total. The van der Waals surface area contributed by atoms with Crippen molar-refractivity contribution in [1.82, 2.24) is 10.6 Å².